The fourth-order valence-electron chi connectivity index (χ4n) is 1.65. The first-order chi connectivity index (χ1) is 10.1. The van der Waals surface area contributed by atoms with Crippen LogP contribution in [0.1, 0.15) is 45.7 Å². The summed E-state index contributed by atoms with van der Waals surface area (Å²) < 4.78 is 17.6. The summed E-state index contributed by atoms with van der Waals surface area (Å²) in [5.41, 5.74) is -0.367. The largest absolute Gasteiger partial charge is 0.386 e. The number of hydrogen-bond acceptors (Lipinski definition) is 4. The second-order valence-corrected chi connectivity index (χ2v) is 15.8. The zero-order valence-electron chi connectivity index (χ0n) is 14.8. The number of hydrogen-bond donors (Lipinski definition) is 1. The molecule has 128 valence electrons. The highest BCUT2D eigenvalue weighted by Gasteiger charge is 2.37. The Morgan fingerprint density at radius 3 is 2.13 bits per heavy atom. The molecule has 1 rings (SSSR count). The lowest BCUT2D eigenvalue weighted by Gasteiger charge is -2.32. The van der Waals surface area contributed by atoms with E-state index < -0.39 is 22.8 Å². The summed E-state index contributed by atoms with van der Waals surface area (Å²) in [6.45, 7) is 13.4. The van der Waals surface area contributed by atoms with Crippen molar-refractivity contribution in [3.63, 3.8) is 0 Å². The number of nitrogens with zero attached hydrogens (tertiary/aromatic N) is 2. The summed E-state index contributed by atoms with van der Waals surface area (Å²) in [5, 5.41) is 19.3. The van der Waals surface area contributed by atoms with Crippen molar-refractivity contribution in [1.82, 2.24) is 0 Å². The van der Waals surface area contributed by atoms with Gasteiger partial charge in [0.2, 0.25) is 0 Å². The number of benzene rings is 1. The lowest BCUT2D eigenvalue weighted by atomic mass is 9.97. The highest BCUT2D eigenvalue weighted by Crippen LogP contribution is 2.39. The van der Waals surface area contributed by atoms with Gasteiger partial charge in [-0.15, -0.1) is 0 Å². The van der Waals surface area contributed by atoms with Gasteiger partial charge in [0.05, 0.1) is 22.1 Å². The Labute approximate surface area is 145 Å². The molecular weight excluding hydrogens is 348 g/mol. The molecule has 0 aromatic heterocycles. The predicted octanol–water partition coefficient (Wildman–Crippen LogP) is 4.77. The molecule has 0 bridgehead atoms. The number of aliphatic hydroxyl groups is 1. The monoisotopic (exact) mass is 372 g/mol. The molecule has 0 saturated carbocycles. The first-order valence-electron chi connectivity index (χ1n) is 7.36. The summed E-state index contributed by atoms with van der Waals surface area (Å²) in [5.74, 6) is 0. The van der Waals surface area contributed by atoms with Crippen molar-refractivity contribution in [2.75, 3.05) is 0 Å². The molecule has 0 aliphatic heterocycles. The van der Waals surface area contributed by atoms with Crippen LogP contribution in [0.3, 0.4) is 0 Å². The SMILES string of the molecule is CC(C)(O)c1cc(C#N)cc(S(=O)(Cl)=N[Si](C)(C)C(C)(C)C)c1. The molecule has 1 N–H and O–H groups in total. The molecule has 0 aliphatic carbocycles. The molecule has 4 nitrogen and oxygen atoms in total. The molecule has 1 aromatic carbocycles. The number of halogens is 1. The highest BCUT2D eigenvalue weighted by atomic mass is 35.7. The van der Waals surface area contributed by atoms with E-state index in [1.165, 1.54) is 6.07 Å². The third-order valence-electron chi connectivity index (χ3n) is 4.21. The van der Waals surface area contributed by atoms with E-state index in [4.69, 9.17) is 10.7 Å². The van der Waals surface area contributed by atoms with Gasteiger partial charge in [-0.2, -0.15) is 5.26 Å². The lowest BCUT2D eigenvalue weighted by Crippen LogP contribution is -2.35. The van der Waals surface area contributed by atoms with Gasteiger partial charge in [-0.3, -0.25) is 4.03 Å². The molecule has 0 amide bonds. The topological polar surface area (TPSA) is 73.4 Å². The second-order valence-electron chi connectivity index (χ2n) is 7.78. The standard InChI is InChI=1S/C16H25ClN2O2SSi/c1-15(2,3)23(6,7)19-22(17,21)14-9-12(11-18)8-13(10-14)16(4,5)20/h8-10,20H,1-7H3. The van der Waals surface area contributed by atoms with Crippen molar-refractivity contribution in [3.8, 4) is 6.07 Å². The molecule has 1 aromatic rings. The second kappa shape index (κ2) is 6.21. The Morgan fingerprint density at radius 1 is 1.22 bits per heavy atom. The Kier molecular flexibility index (Phi) is 5.45. The first kappa shape index (κ1) is 20.2. The van der Waals surface area contributed by atoms with E-state index >= 15 is 0 Å². The van der Waals surface area contributed by atoms with Crippen molar-refractivity contribution in [1.29, 1.82) is 5.26 Å². The summed E-state index contributed by atoms with van der Waals surface area (Å²) in [4.78, 5) is 0.278. The van der Waals surface area contributed by atoms with Crippen LogP contribution in [0.4, 0.5) is 0 Å². The van der Waals surface area contributed by atoms with Gasteiger partial charge in [-0.05, 0) is 55.7 Å². The molecule has 0 saturated heterocycles. The molecule has 1 unspecified atom stereocenters. The van der Waals surface area contributed by atoms with E-state index in [1.807, 2.05) is 19.2 Å². The van der Waals surface area contributed by atoms with E-state index in [0.29, 0.717) is 11.1 Å². The Bertz CT molecular complexity index is 762. The number of rotatable bonds is 3. The van der Waals surface area contributed by atoms with Crippen molar-refractivity contribution in [3.05, 3.63) is 29.3 Å². The maximum Gasteiger partial charge on any atom is 0.194 e. The van der Waals surface area contributed by atoms with Crippen LogP contribution in [0, 0.1) is 11.3 Å². The van der Waals surface area contributed by atoms with Crippen molar-refractivity contribution >= 4 is 27.9 Å². The minimum atomic E-state index is -3.17. The fraction of sp³-hybridized carbons (Fsp3) is 0.562. The van der Waals surface area contributed by atoms with Gasteiger partial charge in [0.15, 0.2) is 17.2 Å². The van der Waals surface area contributed by atoms with E-state index in [1.54, 1.807) is 26.0 Å². The first-order valence-corrected chi connectivity index (χ1v) is 12.6. The van der Waals surface area contributed by atoms with Gasteiger partial charge in [0, 0.05) is 10.7 Å². The molecule has 0 fully saturated rings. The summed E-state index contributed by atoms with van der Waals surface area (Å²) >= 11 is 0. The summed E-state index contributed by atoms with van der Waals surface area (Å²) in [6.07, 6.45) is 0. The molecule has 0 spiro atoms. The molecule has 7 heteroatoms. The fourth-order valence-corrected chi connectivity index (χ4v) is 7.88. The normalized spacial score (nSPS) is 15.7. The van der Waals surface area contributed by atoms with Gasteiger partial charge in [0.25, 0.3) is 0 Å². The van der Waals surface area contributed by atoms with Gasteiger partial charge in [0.1, 0.15) is 0 Å². The van der Waals surface area contributed by atoms with E-state index in [0.717, 1.165) is 0 Å². The van der Waals surface area contributed by atoms with Crippen LogP contribution in [0.2, 0.25) is 18.1 Å². The number of nitriles is 1. The molecule has 0 heterocycles. The van der Waals surface area contributed by atoms with Crippen LogP contribution >= 0.6 is 10.7 Å². The Hall–Kier alpha value is -0.873. The lowest BCUT2D eigenvalue weighted by molar-refractivity contribution is 0.0783. The minimum absolute atomic E-state index is 0.101. The zero-order chi connectivity index (χ0) is 18.3. The van der Waals surface area contributed by atoms with Gasteiger partial charge < -0.3 is 5.11 Å². The smallest absolute Gasteiger partial charge is 0.194 e. The van der Waals surface area contributed by atoms with Crippen LogP contribution in [-0.2, 0) is 14.5 Å². The third-order valence-corrected chi connectivity index (χ3v) is 12.6. The third kappa shape index (κ3) is 4.80. The maximum absolute atomic E-state index is 13.0. The summed E-state index contributed by atoms with van der Waals surface area (Å²) in [6, 6.07) is 6.65. The van der Waals surface area contributed by atoms with Crippen molar-refractivity contribution < 1.29 is 9.32 Å². The van der Waals surface area contributed by atoms with Crippen molar-refractivity contribution in [2.24, 2.45) is 4.03 Å². The quantitative estimate of drug-likeness (QED) is 0.613. The average molecular weight is 373 g/mol. The van der Waals surface area contributed by atoms with Crippen LogP contribution in [0.15, 0.2) is 27.1 Å². The van der Waals surface area contributed by atoms with Gasteiger partial charge in [-0.1, -0.05) is 20.8 Å². The molecule has 23 heavy (non-hydrogen) atoms. The minimum Gasteiger partial charge on any atom is -0.386 e. The molecular formula is C16H25ClN2O2SSi. The zero-order valence-corrected chi connectivity index (χ0v) is 17.3. The van der Waals surface area contributed by atoms with E-state index in [-0.39, 0.29) is 9.93 Å². The van der Waals surface area contributed by atoms with Crippen LogP contribution in [-0.4, -0.2) is 17.6 Å². The van der Waals surface area contributed by atoms with Gasteiger partial charge >= 0.3 is 0 Å². The summed E-state index contributed by atoms with van der Waals surface area (Å²) in [7, 11) is 0.896. The Balaban J connectivity index is 3.63. The van der Waals surface area contributed by atoms with Crippen LogP contribution < -0.4 is 0 Å². The Morgan fingerprint density at radius 2 is 1.74 bits per heavy atom. The van der Waals surface area contributed by atoms with Crippen LogP contribution in [0.25, 0.3) is 0 Å². The predicted molar refractivity (Wildman–Crippen MR) is 98.3 cm³/mol. The van der Waals surface area contributed by atoms with E-state index in [9.17, 15) is 14.6 Å². The van der Waals surface area contributed by atoms with Crippen LogP contribution in [0.5, 0.6) is 0 Å². The molecule has 0 radical (unpaired) electrons. The average Bonchev–Trinajstić information content (AvgIpc) is 2.34. The molecule has 1 atom stereocenters. The maximum atomic E-state index is 13.0. The highest BCUT2D eigenvalue weighted by molar-refractivity contribution is 8.16. The molecule has 0 aliphatic rings. The van der Waals surface area contributed by atoms with E-state index in [2.05, 4.69) is 24.8 Å². The van der Waals surface area contributed by atoms with Gasteiger partial charge in [-0.25, -0.2) is 4.21 Å². The van der Waals surface area contributed by atoms with Crippen molar-refractivity contribution in [2.45, 2.75) is 63.2 Å².